The molecule has 3 heterocycles. The fourth-order valence-electron chi connectivity index (χ4n) is 2.70. The van der Waals surface area contributed by atoms with Gasteiger partial charge in [-0.15, -0.1) is 28.1 Å². The van der Waals surface area contributed by atoms with Crippen molar-refractivity contribution < 1.29 is 0 Å². The number of aromatic nitrogens is 4. The van der Waals surface area contributed by atoms with Gasteiger partial charge in [-0.1, -0.05) is 17.4 Å². The monoisotopic (exact) mass is 361 g/mol. The summed E-state index contributed by atoms with van der Waals surface area (Å²) in [6.45, 7) is 4.38. The zero-order valence-corrected chi connectivity index (χ0v) is 14.9. The van der Waals surface area contributed by atoms with Gasteiger partial charge in [0.2, 0.25) is 5.13 Å². The molecule has 23 heavy (non-hydrogen) atoms. The fraction of sp³-hybridized carbons (Fsp3) is 0.333. The molecule has 0 bridgehead atoms. The summed E-state index contributed by atoms with van der Waals surface area (Å²) >= 11 is 4.94. The van der Waals surface area contributed by atoms with Crippen LogP contribution in [0.3, 0.4) is 0 Å². The summed E-state index contributed by atoms with van der Waals surface area (Å²) in [6.07, 6.45) is 8.31. The molecule has 1 aliphatic rings. The van der Waals surface area contributed by atoms with Gasteiger partial charge in [0.15, 0.2) is 4.34 Å². The molecule has 3 aromatic heterocycles. The van der Waals surface area contributed by atoms with Crippen LogP contribution in [-0.4, -0.2) is 26.7 Å². The Morgan fingerprint density at radius 3 is 3.04 bits per heavy atom. The lowest BCUT2D eigenvalue weighted by Gasteiger charge is -2.10. The van der Waals surface area contributed by atoms with Crippen molar-refractivity contribution in [3.8, 4) is 0 Å². The summed E-state index contributed by atoms with van der Waals surface area (Å²) < 4.78 is 0.896. The number of nitrogens with zero attached hydrogens (tertiary/aromatic N) is 4. The number of thiophene rings is 1. The molecule has 3 aromatic rings. The smallest absolute Gasteiger partial charge is 0.206 e. The van der Waals surface area contributed by atoms with Gasteiger partial charge < -0.3 is 5.32 Å². The van der Waals surface area contributed by atoms with E-state index in [1.165, 1.54) is 35.1 Å². The number of anilines is 1. The summed E-state index contributed by atoms with van der Waals surface area (Å²) in [5.41, 5.74) is 1.45. The van der Waals surface area contributed by atoms with Gasteiger partial charge in [0.1, 0.15) is 16.2 Å². The molecule has 0 saturated heterocycles. The first-order valence-corrected chi connectivity index (χ1v) is 9.91. The zero-order valence-electron chi connectivity index (χ0n) is 12.4. The van der Waals surface area contributed by atoms with E-state index in [1.807, 2.05) is 11.3 Å². The van der Waals surface area contributed by atoms with Crippen LogP contribution in [0.5, 0.6) is 0 Å². The van der Waals surface area contributed by atoms with Crippen molar-refractivity contribution in [3.63, 3.8) is 0 Å². The summed E-state index contributed by atoms with van der Waals surface area (Å²) in [5.74, 6) is 0. The van der Waals surface area contributed by atoms with Gasteiger partial charge in [0.05, 0.1) is 0 Å². The predicted molar refractivity (Wildman–Crippen MR) is 96.8 cm³/mol. The van der Waals surface area contributed by atoms with Crippen LogP contribution in [0.1, 0.15) is 23.3 Å². The lowest BCUT2D eigenvalue weighted by Crippen LogP contribution is -1.98. The summed E-state index contributed by atoms with van der Waals surface area (Å²) in [4.78, 5) is 11.6. The number of fused-ring (bicyclic) bond motifs is 3. The van der Waals surface area contributed by atoms with Crippen molar-refractivity contribution in [2.45, 2.75) is 35.0 Å². The van der Waals surface area contributed by atoms with E-state index in [2.05, 4.69) is 32.1 Å². The average molecular weight is 362 g/mol. The Kier molecular flexibility index (Phi) is 4.28. The van der Waals surface area contributed by atoms with Crippen LogP contribution in [0.4, 0.5) is 5.13 Å². The number of nitrogens with one attached hydrogen (secondary N) is 1. The van der Waals surface area contributed by atoms with E-state index < -0.39 is 0 Å². The lowest BCUT2D eigenvalue weighted by atomic mass is 9.97. The van der Waals surface area contributed by atoms with Gasteiger partial charge in [-0.2, -0.15) is 0 Å². The standard InChI is InChI=1S/C15H15N5S3/c1-2-7-16-14-19-20-15(23-14)22-13-11-9-5-3-4-6-10(9)21-12(11)17-8-18-13/h2,8H,1,3-7H2,(H,16,19). The maximum absolute atomic E-state index is 4.51. The lowest BCUT2D eigenvalue weighted by molar-refractivity contribution is 0.699. The van der Waals surface area contributed by atoms with E-state index in [-0.39, 0.29) is 0 Å². The molecule has 118 valence electrons. The van der Waals surface area contributed by atoms with Crippen molar-refractivity contribution in [1.29, 1.82) is 0 Å². The van der Waals surface area contributed by atoms with Gasteiger partial charge in [-0.05, 0) is 43.0 Å². The van der Waals surface area contributed by atoms with Crippen LogP contribution in [-0.2, 0) is 12.8 Å². The topological polar surface area (TPSA) is 63.6 Å². The quantitative estimate of drug-likeness (QED) is 0.543. The van der Waals surface area contributed by atoms with Crippen LogP contribution in [0, 0.1) is 0 Å². The molecular formula is C15H15N5S3. The van der Waals surface area contributed by atoms with E-state index in [0.717, 1.165) is 25.7 Å². The fourth-order valence-corrected chi connectivity index (χ4v) is 5.79. The van der Waals surface area contributed by atoms with Gasteiger partial charge in [-0.25, -0.2) is 9.97 Å². The molecule has 8 heteroatoms. The highest BCUT2D eigenvalue weighted by atomic mass is 32.2. The molecule has 0 spiro atoms. The third kappa shape index (κ3) is 2.98. The minimum absolute atomic E-state index is 0.690. The Balaban J connectivity index is 1.67. The van der Waals surface area contributed by atoms with Crippen LogP contribution in [0.2, 0.25) is 0 Å². The Morgan fingerprint density at radius 2 is 2.13 bits per heavy atom. The van der Waals surface area contributed by atoms with E-state index in [4.69, 9.17) is 0 Å². The van der Waals surface area contributed by atoms with Crippen LogP contribution >= 0.6 is 34.4 Å². The van der Waals surface area contributed by atoms with E-state index in [0.29, 0.717) is 6.54 Å². The first kappa shape index (κ1) is 15.0. The van der Waals surface area contributed by atoms with Gasteiger partial charge in [-0.3, -0.25) is 0 Å². The van der Waals surface area contributed by atoms with Crippen molar-refractivity contribution >= 4 is 49.8 Å². The molecule has 0 saturated carbocycles. The summed E-state index contributed by atoms with van der Waals surface area (Å²) in [7, 11) is 0. The Bertz CT molecular complexity index is 854. The Labute approximate surface area is 146 Å². The molecule has 0 fully saturated rings. The van der Waals surface area contributed by atoms with E-state index >= 15 is 0 Å². The number of hydrogen-bond donors (Lipinski definition) is 1. The third-order valence-corrected chi connectivity index (χ3v) is 6.84. The van der Waals surface area contributed by atoms with Crippen molar-refractivity contribution in [3.05, 3.63) is 29.4 Å². The van der Waals surface area contributed by atoms with Crippen LogP contribution in [0.15, 0.2) is 28.3 Å². The van der Waals surface area contributed by atoms with E-state index in [1.54, 1.807) is 35.5 Å². The normalized spacial score (nSPS) is 13.9. The third-order valence-electron chi connectivity index (χ3n) is 3.70. The van der Waals surface area contributed by atoms with Gasteiger partial charge in [0, 0.05) is 16.8 Å². The summed E-state index contributed by atoms with van der Waals surface area (Å²) in [5, 5.41) is 14.6. The number of hydrogen-bond acceptors (Lipinski definition) is 8. The highest BCUT2D eigenvalue weighted by Gasteiger charge is 2.21. The second-order valence-corrected chi connectivity index (χ2v) is 8.51. The minimum atomic E-state index is 0.690. The molecule has 0 amide bonds. The highest BCUT2D eigenvalue weighted by molar-refractivity contribution is 8.01. The zero-order chi connectivity index (χ0) is 15.6. The minimum Gasteiger partial charge on any atom is -0.357 e. The molecule has 0 radical (unpaired) electrons. The molecule has 1 N–H and O–H groups in total. The highest BCUT2D eigenvalue weighted by Crippen LogP contribution is 2.41. The first-order valence-electron chi connectivity index (χ1n) is 7.46. The van der Waals surface area contributed by atoms with Crippen molar-refractivity contribution in [2.75, 3.05) is 11.9 Å². The average Bonchev–Trinajstić information content (AvgIpc) is 3.17. The van der Waals surface area contributed by atoms with Crippen LogP contribution in [0.25, 0.3) is 10.2 Å². The molecule has 0 atom stereocenters. The number of aryl methyl sites for hydroxylation is 2. The SMILES string of the molecule is C=CCNc1nnc(Sc2ncnc3sc4c(c23)CCCC4)s1. The molecule has 0 unspecified atom stereocenters. The number of rotatable bonds is 5. The molecule has 5 nitrogen and oxygen atoms in total. The predicted octanol–water partition coefficient (Wildman–Crippen LogP) is 4.17. The maximum Gasteiger partial charge on any atom is 0.206 e. The molecule has 4 rings (SSSR count). The Hall–Kier alpha value is -1.51. The maximum atomic E-state index is 4.51. The first-order chi connectivity index (χ1) is 11.3. The van der Waals surface area contributed by atoms with Crippen LogP contribution < -0.4 is 5.32 Å². The van der Waals surface area contributed by atoms with Crippen molar-refractivity contribution in [2.24, 2.45) is 0 Å². The Morgan fingerprint density at radius 1 is 1.22 bits per heavy atom. The molecular weight excluding hydrogens is 346 g/mol. The van der Waals surface area contributed by atoms with Gasteiger partial charge >= 0.3 is 0 Å². The van der Waals surface area contributed by atoms with E-state index in [9.17, 15) is 0 Å². The van der Waals surface area contributed by atoms with Crippen molar-refractivity contribution in [1.82, 2.24) is 20.2 Å². The molecule has 0 aromatic carbocycles. The molecule has 1 aliphatic carbocycles. The van der Waals surface area contributed by atoms with Gasteiger partial charge in [0.25, 0.3) is 0 Å². The largest absolute Gasteiger partial charge is 0.357 e. The second-order valence-electron chi connectivity index (χ2n) is 5.21. The molecule has 0 aliphatic heterocycles. The summed E-state index contributed by atoms with van der Waals surface area (Å²) in [6, 6.07) is 0. The second kappa shape index (κ2) is 6.54.